The lowest BCUT2D eigenvalue weighted by molar-refractivity contribution is -0.141. The van der Waals surface area contributed by atoms with Crippen molar-refractivity contribution < 1.29 is 9.59 Å². The Balaban J connectivity index is 2.27. The second-order valence-electron chi connectivity index (χ2n) is 7.04. The van der Waals surface area contributed by atoms with Crippen molar-refractivity contribution in [2.75, 3.05) is 0 Å². The fourth-order valence-corrected chi connectivity index (χ4v) is 3.22. The highest BCUT2D eigenvalue weighted by Gasteiger charge is 2.28. The molecule has 0 aliphatic rings. The first-order chi connectivity index (χ1) is 13.3. The standard InChI is InChI=1S/C22H26Cl2N2O2/c1-4-20(22(28)25-15(2)3)26(14-17-7-11-19(24)12-8-17)21(27)13-16-5-9-18(23)10-6-16/h5-12,15,20H,4,13-14H2,1-3H3,(H,25,28). The molecule has 0 spiro atoms. The van der Waals surface area contributed by atoms with Gasteiger partial charge >= 0.3 is 0 Å². The molecule has 1 unspecified atom stereocenters. The molecule has 0 aliphatic heterocycles. The predicted molar refractivity (Wildman–Crippen MR) is 115 cm³/mol. The first kappa shape index (κ1) is 22.3. The highest BCUT2D eigenvalue weighted by molar-refractivity contribution is 6.30. The van der Waals surface area contributed by atoms with E-state index < -0.39 is 6.04 Å². The lowest BCUT2D eigenvalue weighted by atomic mass is 10.1. The number of halogens is 2. The third-order valence-corrected chi connectivity index (χ3v) is 4.86. The summed E-state index contributed by atoms with van der Waals surface area (Å²) in [7, 11) is 0. The molecule has 0 aromatic heterocycles. The summed E-state index contributed by atoms with van der Waals surface area (Å²) in [5.41, 5.74) is 1.78. The van der Waals surface area contributed by atoms with Crippen molar-refractivity contribution in [3.05, 3.63) is 69.7 Å². The molecule has 6 heteroatoms. The molecule has 150 valence electrons. The Labute approximate surface area is 176 Å². The molecule has 1 N–H and O–H groups in total. The van der Waals surface area contributed by atoms with Crippen molar-refractivity contribution in [2.24, 2.45) is 0 Å². The van der Waals surface area contributed by atoms with Gasteiger partial charge in [0.2, 0.25) is 11.8 Å². The summed E-state index contributed by atoms with van der Waals surface area (Å²) in [5.74, 6) is -0.251. The fraction of sp³-hybridized carbons (Fsp3) is 0.364. The molecule has 2 aromatic rings. The maximum atomic E-state index is 13.1. The smallest absolute Gasteiger partial charge is 0.243 e. The van der Waals surface area contributed by atoms with Crippen LogP contribution >= 0.6 is 23.2 Å². The van der Waals surface area contributed by atoms with E-state index in [1.165, 1.54) is 0 Å². The summed E-state index contributed by atoms with van der Waals surface area (Å²) in [6.45, 7) is 6.07. The first-order valence-corrected chi connectivity index (χ1v) is 10.1. The van der Waals surface area contributed by atoms with E-state index in [2.05, 4.69) is 5.32 Å². The van der Waals surface area contributed by atoms with E-state index in [4.69, 9.17) is 23.2 Å². The highest BCUT2D eigenvalue weighted by atomic mass is 35.5. The average molecular weight is 421 g/mol. The number of hydrogen-bond acceptors (Lipinski definition) is 2. The number of nitrogens with zero attached hydrogens (tertiary/aromatic N) is 1. The summed E-state index contributed by atoms with van der Waals surface area (Å²) in [6.07, 6.45) is 0.731. The zero-order valence-corrected chi connectivity index (χ0v) is 17.9. The third kappa shape index (κ3) is 6.54. The Morgan fingerprint density at radius 2 is 1.43 bits per heavy atom. The first-order valence-electron chi connectivity index (χ1n) is 9.39. The largest absolute Gasteiger partial charge is 0.352 e. The molecule has 1 atom stereocenters. The van der Waals surface area contributed by atoms with E-state index in [0.29, 0.717) is 23.0 Å². The fourth-order valence-electron chi connectivity index (χ4n) is 2.97. The van der Waals surface area contributed by atoms with E-state index in [1.54, 1.807) is 29.2 Å². The Morgan fingerprint density at radius 1 is 0.929 bits per heavy atom. The van der Waals surface area contributed by atoms with E-state index in [-0.39, 0.29) is 24.3 Å². The number of carbonyl (C=O) groups is 2. The summed E-state index contributed by atoms with van der Waals surface area (Å²) in [4.78, 5) is 27.5. The van der Waals surface area contributed by atoms with Crippen LogP contribution in [0.25, 0.3) is 0 Å². The minimum absolute atomic E-state index is 0.00491. The van der Waals surface area contributed by atoms with E-state index in [9.17, 15) is 9.59 Å². The molecule has 4 nitrogen and oxygen atoms in total. The summed E-state index contributed by atoms with van der Waals surface area (Å²) < 4.78 is 0. The summed E-state index contributed by atoms with van der Waals surface area (Å²) in [6, 6.07) is 14.0. The predicted octanol–water partition coefficient (Wildman–Crippen LogP) is 4.87. The Morgan fingerprint density at radius 3 is 1.89 bits per heavy atom. The van der Waals surface area contributed by atoms with Gasteiger partial charge in [0, 0.05) is 22.6 Å². The van der Waals surface area contributed by atoms with Gasteiger partial charge in [-0.25, -0.2) is 0 Å². The molecule has 0 saturated heterocycles. The molecule has 2 rings (SSSR count). The van der Waals surface area contributed by atoms with Crippen LogP contribution in [0.4, 0.5) is 0 Å². The second kappa shape index (κ2) is 10.5. The van der Waals surface area contributed by atoms with Gasteiger partial charge in [0.15, 0.2) is 0 Å². The van der Waals surface area contributed by atoms with Gasteiger partial charge in [-0.3, -0.25) is 9.59 Å². The van der Waals surface area contributed by atoms with Crippen LogP contribution in [-0.4, -0.2) is 28.8 Å². The van der Waals surface area contributed by atoms with Gasteiger partial charge in [-0.2, -0.15) is 0 Å². The molecule has 28 heavy (non-hydrogen) atoms. The molecule has 0 aliphatic carbocycles. The number of hydrogen-bond donors (Lipinski definition) is 1. The number of amides is 2. The lowest BCUT2D eigenvalue weighted by Crippen LogP contribution is -2.50. The van der Waals surface area contributed by atoms with Crippen LogP contribution in [0.5, 0.6) is 0 Å². The highest BCUT2D eigenvalue weighted by Crippen LogP contribution is 2.17. The molecular weight excluding hydrogens is 395 g/mol. The van der Waals surface area contributed by atoms with Crippen LogP contribution in [-0.2, 0) is 22.6 Å². The van der Waals surface area contributed by atoms with Gasteiger partial charge in [-0.1, -0.05) is 54.4 Å². The van der Waals surface area contributed by atoms with Crippen LogP contribution < -0.4 is 5.32 Å². The van der Waals surface area contributed by atoms with E-state index in [0.717, 1.165) is 11.1 Å². The van der Waals surface area contributed by atoms with Crippen molar-refractivity contribution in [3.63, 3.8) is 0 Å². The van der Waals surface area contributed by atoms with E-state index in [1.807, 2.05) is 45.0 Å². The number of benzene rings is 2. The van der Waals surface area contributed by atoms with Gasteiger partial charge in [-0.05, 0) is 55.7 Å². The van der Waals surface area contributed by atoms with Gasteiger partial charge in [0.25, 0.3) is 0 Å². The topological polar surface area (TPSA) is 49.4 Å². The molecular formula is C22H26Cl2N2O2. The van der Waals surface area contributed by atoms with Crippen LogP contribution in [0, 0.1) is 0 Å². The Hall–Kier alpha value is -2.04. The van der Waals surface area contributed by atoms with Crippen LogP contribution in [0.2, 0.25) is 10.0 Å². The molecule has 2 aromatic carbocycles. The molecule has 0 radical (unpaired) electrons. The number of carbonyl (C=O) groups excluding carboxylic acids is 2. The quantitative estimate of drug-likeness (QED) is 0.661. The maximum Gasteiger partial charge on any atom is 0.243 e. The van der Waals surface area contributed by atoms with Crippen LogP contribution in [0.15, 0.2) is 48.5 Å². The lowest BCUT2D eigenvalue weighted by Gasteiger charge is -2.31. The van der Waals surface area contributed by atoms with Crippen molar-refractivity contribution in [1.82, 2.24) is 10.2 Å². The maximum absolute atomic E-state index is 13.1. The zero-order chi connectivity index (χ0) is 20.7. The van der Waals surface area contributed by atoms with Crippen molar-refractivity contribution in [3.8, 4) is 0 Å². The van der Waals surface area contributed by atoms with Gasteiger partial charge in [0.1, 0.15) is 6.04 Å². The second-order valence-corrected chi connectivity index (χ2v) is 7.91. The summed E-state index contributed by atoms with van der Waals surface area (Å²) >= 11 is 11.9. The minimum atomic E-state index is -0.544. The van der Waals surface area contributed by atoms with Crippen LogP contribution in [0.3, 0.4) is 0 Å². The SMILES string of the molecule is CCC(C(=O)NC(C)C)N(Cc1ccc(Cl)cc1)C(=O)Cc1ccc(Cl)cc1. The Bertz CT molecular complexity index is 789. The minimum Gasteiger partial charge on any atom is -0.352 e. The van der Waals surface area contributed by atoms with Gasteiger partial charge < -0.3 is 10.2 Å². The van der Waals surface area contributed by atoms with Gasteiger partial charge in [-0.15, -0.1) is 0 Å². The molecule has 0 heterocycles. The number of nitrogens with one attached hydrogen (secondary N) is 1. The molecule has 0 saturated carbocycles. The average Bonchev–Trinajstić information content (AvgIpc) is 2.64. The third-order valence-electron chi connectivity index (χ3n) is 4.35. The van der Waals surface area contributed by atoms with Gasteiger partial charge in [0.05, 0.1) is 6.42 Å². The van der Waals surface area contributed by atoms with Crippen LogP contribution in [0.1, 0.15) is 38.3 Å². The van der Waals surface area contributed by atoms with Crippen molar-refractivity contribution in [2.45, 2.75) is 52.2 Å². The zero-order valence-electron chi connectivity index (χ0n) is 16.4. The summed E-state index contributed by atoms with van der Waals surface area (Å²) in [5, 5.41) is 4.18. The molecule has 2 amide bonds. The molecule has 0 fully saturated rings. The van der Waals surface area contributed by atoms with Crippen molar-refractivity contribution >= 4 is 35.0 Å². The number of rotatable bonds is 8. The Kier molecular flexibility index (Phi) is 8.34. The van der Waals surface area contributed by atoms with E-state index >= 15 is 0 Å². The van der Waals surface area contributed by atoms with Crippen molar-refractivity contribution in [1.29, 1.82) is 0 Å². The molecule has 0 bridgehead atoms. The normalized spacial score (nSPS) is 11.9. The monoisotopic (exact) mass is 420 g/mol.